The third-order valence-corrected chi connectivity index (χ3v) is 4.27. The van der Waals surface area contributed by atoms with Gasteiger partial charge in [0, 0.05) is 0 Å². The number of thioether (sulfide) groups is 1. The predicted octanol–water partition coefficient (Wildman–Crippen LogP) is 2.38. The van der Waals surface area contributed by atoms with E-state index in [1.807, 2.05) is 49.4 Å². The molecule has 7 heteroatoms. The van der Waals surface area contributed by atoms with Crippen LogP contribution in [-0.2, 0) is 4.79 Å². The van der Waals surface area contributed by atoms with Crippen LogP contribution in [0.25, 0.3) is 0 Å². The van der Waals surface area contributed by atoms with Gasteiger partial charge in [0.05, 0.1) is 22.9 Å². The van der Waals surface area contributed by atoms with Crippen LogP contribution in [0.2, 0.25) is 0 Å². The lowest BCUT2D eigenvalue weighted by molar-refractivity contribution is -0.119. The Morgan fingerprint density at radius 2 is 1.96 bits per heavy atom. The van der Waals surface area contributed by atoms with Crippen LogP contribution in [0, 0.1) is 22.7 Å². The van der Waals surface area contributed by atoms with Gasteiger partial charge in [-0.3, -0.25) is 4.79 Å². The molecule has 0 fully saturated rings. The van der Waals surface area contributed by atoms with Crippen LogP contribution < -0.4 is 11.1 Å². The number of rotatable bonds is 5. The molecule has 0 aliphatic heterocycles. The summed E-state index contributed by atoms with van der Waals surface area (Å²) in [5.41, 5.74) is 7.05. The number of carbonyl (C=O) groups excluding carboxylic acids is 1. The number of carbonyl (C=O) groups is 1. The predicted molar refractivity (Wildman–Crippen MR) is 91.8 cm³/mol. The summed E-state index contributed by atoms with van der Waals surface area (Å²) in [6.45, 7) is 1.90. The molecule has 24 heavy (non-hydrogen) atoms. The molecule has 2 rings (SSSR count). The first kappa shape index (κ1) is 17.3. The van der Waals surface area contributed by atoms with E-state index in [2.05, 4.69) is 10.3 Å². The average molecular weight is 337 g/mol. The van der Waals surface area contributed by atoms with Crippen molar-refractivity contribution in [2.75, 3.05) is 11.5 Å². The van der Waals surface area contributed by atoms with E-state index < -0.39 is 0 Å². The number of amides is 1. The molecule has 0 radical (unpaired) electrons. The number of aromatic nitrogens is 1. The van der Waals surface area contributed by atoms with Gasteiger partial charge < -0.3 is 11.1 Å². The highest BCUT2D eigenvalue weighted by Crippen LogP contribution is 2.24. The third-order valence-electron chi connectivity index (χ3n) is 3.27. The van der Waals surface area contributed by atoms with Crippen molar-refractivity contribution < 1.29 is 4.79 Å². The molecule has 0 spiro atoms. The van der Waals surface area contributed by atoms with Crippen molar-refractivity contribution in [2.45, 2.75) is 18.0 Å². The minimum Gasteiger partial charge on any atom is -0.383 e. The van der Waals surface area contributed by atoms with Gasteiger partial charge in [0.2, 0.25) is 5.91 Å². The Labute approximate surface area is 144 Å². The standard InChI is InChI=1S/C17H15N5OS/c1-11(12-5-3-2-4-6-12)21-15(23)10-24-17-14(9-19)7-13(8-18)16(20)22-17/h2-7,11H,10H2,1H3,(H2,20,22)(H,21,23)/t11-/m0/s1. The molecule has 0 unspecified atom stereocenters. The first-order chi connectivity index (χ1) is 11.5. The summed E-state index contributed by atoms with van der Waals surface area (Å²) in [6, 6.07) is 14.7. The minimum absolute atomic E-state index is 0.0528. The van der Waals surface area contributed by atoms with E-state index in [1.165, 1.54) is 6.07 Å². The first-order valence-electron chi connectivity index (χ1n) is 7.13. The van der Waals surface area contributed by atoms with Crippen molar-refractivity contribution in [3.05, 3.63) is 53.1 Å². The summed E-state index contributed by atoms with van der Waals surface area (Å²) in [4.78, 5) is 16.1. The molecule has 120 valence electrons. The fourth-order valence-corrected chi connectivity index (χ4v) is 2.81. The molecule has 1 aromatic carbocycles. The highest BCUT2D eigenvalue weighted by molar-refractivity contribution is 8.00. The zero-order valence-corrected chi connectivity index (χ0v) is 13.8. The van der Waals surface area contributed by atoms with Crippen molar-refractivity contribution >= 4 is 23.5 Å². The quantitative estimate of drug-likeness (QED) is 0.809. The number of nitrogens with zero attached hydrogens (tertiary/aromatic N) is 3. The summed E-state index contributed by atoms with van der Waals surface area (Å²) in [6.07, 6.45) is 0. The number of benzene rings is 1. The van der Waals surface area contributed by atoms with Gasteiger partial charge >= 0.3 is 0 Å². The Kier molecular flexibility index (Phi) is 5.78. The molecule has 0 saturated carbocycles. The van der Waals surface area contributed by atoms with Gasteiger partial charge in [0.1, 0.15) is 23.0 Å². The van der Waals surface area contributed by atoms with Gasteiger partial charge in [-0.2, -0.15) is 10.5 Å². The Morgan fingerprint density at radius 3 is 2.58 bits per heavy atom. The number of nitrogen functional groups attached to an aromatic ring is 1. The number of hydrogen-bond donors (Lipinski definition) is 2. The second-order valence-corrected chi connectivity index (χ2v) is 5.95. The van der Waals surface area contributed by atoms with Gasteiger partial charge in [0.25, 0.3) is 0 Å². The van der Waals surface area contributed by atoms with Crippen LogP contribution in [0.15, 0.2) is 41.4 Å². The van der Waals surface area contributed by atoms with Gasteiger partial charge in [-0.1, -0.05) is 42.1 Å². The Bertz CT molecular complexity index is 823. The van der Waals surface area contributed by atoms with Crippen molar-refractivity contribution in [1.82, 2.24) is 10.3 Å². The fourth-order valence-electron chi connectivity index (χ4n) is 2.03. The maximum Gasteiger partial charge on any atom is 0.230 e. The van der Waals surface area contributed by atoms with Crippen molar-refractivity contribution in [2.24, 2.45) is 0 Å². The number of hydrogen-bond acceptors (Lipinski definition) is 6. The third kappa shape index (κ3) is 4.25. The summed E-state index contributed by atoms with van der Waals surface area (Å²) in [5, 5.41) is 21.3. The monoisotopic (exact) mass is 337 g/mol. The average Bonchev–Trinajstić information content (AvgIpc) is 2.60. The molecule has 1 heterocycles. The molecular formula is C17H15N5OS. The Balaban J connectivity index is 2.01. The minimum atomic E-state index is -0.176. The summed E-state index contributed by atoms with van der Waals surface area (Å²) < 4.78 is 0. The Morgan fingerprint density at radius 1 is 1.29 bits per heavy atom. The normalized spacial score (nSPS) is 11.1. The molecule has 0 saturated heterocycles. The van der Waals surface area contributed by atoms with Gasteiger partial charge in [-0.15, -0.1) is 0 Å². The van der Waals surface area contributed by atoms with Gasteiger partial charge in [-0.25, -0.2) is 4.98 Å². The summed E-state index contributed by atoms with van der Waals surface area (Å²) in [7, 11) is 0. The Hall–Kier alpha value is -3.03. The number of anilines is 1. The topological polar surface area (TPSA) is 116 Å². The first-order valence-corrected chi connectivity index (χ1v) is 8.11. The van der Waals surface area contributed by atoms with E-state index in [0.29, 0.717) is 5.03 Å². The second kappa shape index (κ2) is 8.00. The summed E-state index contributed by atoms with van der Waals surface area (Å²) in [5.74, 6) is -0.0217. The van der Waals surface area contributed by atoms with Crippen LogP contribution in [0.5, 0.6) is 0 Å². The van der Waals surface area contributed by atoms with Crippen molar-refractivity contribution in [1.29, 1.82) is 10.5 Å². The van der Waals surface area contributed by atoms with E-state index in [1.54, 1.807) is 0 Å². The lowest BCUT2D eigenvalue weighted by Gasteiger charge is -2.14. The second-order valence-electron chi connectivity index (χ2n) is 4.99. The highest BCUT2D eigenvalue weighted by Gasteiger charge is 2.14. The number of nitrogens with two attached hydrogens (primary N) is 1. The zero-order valence-electron chi connectivity index (χ0n) is 13.0. The van der Waals surface area contributed by atoms with E-state index in [9.17, 15) is 4.79 Å². The number of nitrogens with one attached hydrogen (secondary N) is 1. The smallest absolute Gasteiger partial charge is 0.230 e. The van der Waals surface area contributed by atoms with Crippen LogP contribution in [0.3, 0.4) is 0 Å². The van der Waals surface area contributed by atoms with Gasteiger partial charge in [-0.05, 0) is 18.6 Å². The van der Waals surface area contributed by atoms with Gasteiger partial charge in [0.15, 0.2) is 0 Å². The summed E-state index contributed by atoms with van der Waals surface area (Å²) >= 11 is 1.12. The lowest BCUT2D eigenvalue weighted by Crippen LogP contribution is -2.28. The molecule has 1 amide bonds. The number of pyridine rings is 1. The molecule has 0 aliphatic carbocycles. The fraction of sp³-hybridized carbons (Fsp3) is 0.176. The van der Waals surface area contributed by atoms with Crippen LogP contribution in [-0.4, -0.2) is 16.6 Å². The molecular weight excluding hydrogens is 322 g/mol. The lowest BCUT2D eigenvalue weighted by atomic mass is 10.1. The molecule has 6 nitrogen and oxygen atoms in total. The van der Waals surface area contributed by atoms with Crippen LogP contribution >= 0.6 is 11.8 Å². The molecule has 3 N–H and O–H groups in total. The molecule has 0 aliphatic rings. The van der Waals surface area contributed by atoms with E-state index in [4.69, 9.17) is 16.3 Å². The largest absolute Gasteiger partial charge is 0.383 e. The maximum absolute atomic E-state index is 12.1. The van der Waals surface area contributed by atoms with Crippen LogP contribution in [0.1, 0.15) is 29.7 Å². The SMILES string of the molecule is C[C@H](NC(=O)CSc1nc(N)c(C#N)cc1C#N)c1ccccc1. The molecule has 2 aromatic rings. The van der Waals surface area contributed by atoms with Crippen molar-refractivity contribution in [3.8, 4) is 12.1 Å². The molecule has 1 aromatic heterocycles. The molecule has 0 bridgehead atoms. The zero-order chi connectivity index (χ0) is 17.5. The van der Waals surface area contributed by atoms with E-state index in [-0.39, 0.29) is 34.6 Å². The number of nitriles is 2. The van der Waals surface area contributed by atoms with E-state index in [0.717, 1.165) is 17.3 Å². The maximum atomic E-state index is 12.1. The van der Waals surface area contributed by atoms with Crippen molar-refractivity contribution in [3.63, 3.8) is 0 Å². The molecule has 1 atom stereocenters. The van der Waals surface area contributed by atoms with Crippen LogP contribution in [0.4, 0.5) is 5.82 Å². The highest BCUT2D eigenvalue weighted by atomic mass is 32.2. The van der Waals surface area contributed by atoms with E-state index >= 15 is 0 Å².